The van der Waals surface area contributed by atoms with E-state index in [1.165, 1.54) is 5.56 Å². The van der Waals surface area contributed by atoms with E-state index in [0.29, 0.717) is 11.1 Å². The van der Waals surface area contributed by atoms with Gasteiger partial charge in [0.2, 0.25) is 5.91 Å². The van der Waals surface area contributed by atoms with Crippen molar-refractivity contribution in [2.24, 2.45) is 5.73 Å². The van der Waals surface area contributed by atoms with E-state index >= 15 is 0 Å². The van der Waals surface area contributed by atoms with Gasteiger partial charge in [-0.1, -0.05) is 70.5 Å². The van der Waals surface area contributed by atoms with Crippen molar-refractivity contribution in [3.05, 3.63) is 106 Å². The molecule has 2 N–H and O–H groups in total. The summed E-state index contributed by atoms with van der Waals surface area (Å²) in [5.41, 5.74) is 9.37. The molecule has 0 spiro atoms. The van der Waals surface area contributed by atoms with E-state index in [2.05, 4.69) is 22.0 Å². The van der Waals surface area contributed by atoms with Gasteiger partial charge in [0.1, 0.15) is 6.04 Å². The minimum atomic E-state index is -0.848. The summed E-state index contributed by atoms with van der Waals surface area (Å²) >= 11 is 3.54. The predicted octanol–water partition coefficient (Wildman–Crippen LogP) is 4.81. The minimum absolute atomic E-state index is 0.198. The molecule has 0 heterocycles. The molecule has 3 aromatic carbocycles. The van der Waals surface area contributed by atoms with Crippen molar-refractivity contribution in [2.75, 3.05) is 0 Å². The molecular formula is C24H21BrN2O2. The smallest absolute Gasteiger partial charge is 0.255 e. The van der Waals surface area contributed by atoms with Crippen molar-refractivity contribution in [1.29, 1.82) is 0 Å². The fourth-order valence-corrected chi connectivity index (χ4v) is 4.48. The molecule has 4 nitrogen and oxygen atoms in total. The molecule has 0 saturated heterocycles. The maximum absolute atomic E-state index is 13.7. The Labute approximate surface area is 178 Å². The van der Waals surface area contributed by atoms with Crippen LogP contribution in [0, 0.1) is 0 Å². The summed E-state index contributed by atoms with van der Waals surface area (Å²) in [7, 11) is 0. The topological polar surface area (TPSA) is 63.4 Å². The van der Waals surface area contributed by atoms with Gasteiger partial charge < -0.3 is 10.6 Å². The summed E-state index contributed by atoms with van der Waals surface area (Å²) in [6.45, 7) is 0. The molecule has 0 aliphatic heterocycles. The Bertz CT molecular complexity index is 1040. The quantitative estimate of drug-likeness (QED) is 0.608. The zero-order chi connectivity index (χ0) is 20.4. The molecular weight excluding hydrogens is 428 g/mol. The highest BCUT2D eigenvalue weighted by atomic mass is 79.9. The number of hydrogen-bond acceptors (Lipinski definition) is 2. The average molecular weight is 449 g/mol. The number of halogens is 1. The largest absolute Gasteiger partial charge is 0.368 e. The molecule has 29 heavy (non-hydrogen) atoms. The normalized spacial score (nSPS) is 16.1. The lowest BCUT2D eigenvalue weighted by molar-refractivity contribution is -0.123. The van der Waals surface area contributed by atoms with Crippen LogP contribution in [-0.2, 0) is 11.2 Å². The maximum Gasteiger partial charge on any atom is 0.255 e. The van der Waals surface area contributed by atoms with Crippen LogP contribution in [0.2, 0.25) is 0 Å². The first-order valence-corrected chi connectivity index (χ1v) is 10.4. The Kier molecular flexibility index (Phi) is 5.49. The van der Waals surface area contributed by atoms with Crippen molar-refractivity contribution in [1.82, 2.24) is 4.90 Å². The van der Waals surface area contributed by atoms with E-state index in [1.807, 2.05) is 60.7 Å². The zero-order valence-electron chi connectivity index (χ0n) is 15.8. The molecule has 0 fully saturated rings. The van der Waals surface area contributed by atoms with Gasteiger partial charge >= 0.3 is 0 Å². The van der Waals surface area contributed by atoms with E-state index in [9.17, 15) is 9.59 Å². The molecule has 1 aliphatic carbocycles. The Balaban J connectivity index is 1.86. The van der Waals surface area contributed by atoms with Crippen LogP contribution in [0.4, 0.5) is 0 Å². The molecule has 0 aromatic heterocycles. The Hall–Kier alpha value is -2.92. The number of nitrogens with two attached hydrogens (primary N) is 1. The third kappa shape index (κ3) is 3.83. The molecule has 2 amide bonds. The van der Waals surface area contributed by atoms with Gasteiger partial charge in [0.15, 0.2) is 0 Å². The van der Waals surface area contributed by atoms with Crippen LogP contribution < -0.4 is 5.73 Å². The van der Waals surface area contributed by atoms with Gasteiger partial charge in [-0.05, 0) is 53.8 Å². The number of carbonyl (C=O) groups excluding carboxylic acids is 2. The number of aryl methyl sites for hydroxylation is 1. The third-order valence-corrected chi connectivity index (χ3v) is 5.90. The number of carbonyl (C=O) groups is 2. The van der Waals surface area contributed by atoms with Gasteiger partial charge in [-0.3, -0.25) is 9.59 Å². The molecule has 3 aromatic rings. The van der Waals surface area contributed by atoms with Gasteiger partial charge in [-0.2, -0.15) is 0 Å². The number of benzene rings is 3. The highest BCUT2D eigenvalue weighted by Gasteiger charge is 2.39. The molecule has 0 bridgehead atoms. The third-order valence-electron chi connectivity index (χ3n) is 5.41. The van der Waals surface area contributed by atoms with E-state index in [-0.39, 0.29) is 11.9 Å². The molecule has 0 unspecified atom stereocenters. The first kappa shape index (κ1) is 19.4. The summed E-state index contributed by atoms with van der Waals surface area (Å²) in [5.74, 6) is -0.736. The van der Waals surface area contributed by atoms with E-state index in [4.69, 9.17) is 5.73 Å². The monoisotopic (exact) mass is 448 g/mol. The maximum atomic E-state index is 13.7. The van der Waals surface area contributed by atoms with Crippen LogP contribution in [0.3, 0.4) is 0 Å². The Morgan fingerprint density at radius 1 is 0.966 bits per heavy atom. The molecule has 146 valence electrons. The fraction of sp³-hybridized carbons (Fsp3) is 0.167. The highest BCUT2D eigenvalue weighted by molar-refractivity contribution is 9.10. The lowest BCUT2D eigenvalue weighted by Gasteiger charge is -2.36. The molecule has 4 rings (SSSR count). The van der Waals surface area contributed by atoms with Crippen LogP contribution in [-0.4, -0.2) is 16.7 Å². The minimum Gasteiger partial charge on any atom is -0.368 e. The summed E-state index contributed by atoms with van der Waals surface area (Å²) in [6.07, 6.45) is 1.60. The lowest BCUT2D eigenvalue weighted by Crippen LogP contribution is -2.43. The molecule has 5 heteroatoms. The standard InChI is InChI=1S/C24H21BrN2O2/c25-19-13-11-16-12-14-21(20(16)15-19)27(24(29)18-9-5-2-6-10-18)22(23(26)28)17-7-3-1-4-8-17/h1-11,13,15,21-22H,12,14H2,(H2,26,28)/t21-,22-/m1/s1. The Morgan fingerprint density at radius 2 is 1.62 bits per heavy atom. The van der Waals surface area contributed by atoms with Crippen LogP contribution in [0.25, 0.3) is 0 Å². The number of fused-ring (bicyclic) bond motifs is 1. The van der Waals surface area contributed by atoms with Gasteiger partial charge in [-0.15, -0.1) is 0 Å². The van der Waals surface area contributed by atoms with Gasteiger partial charge in [0.05, 0.1) is 6.04 Å². The van der Waals surface area contributed by atoms with Crippen LogP contribution in [0.1, 0.15) is 45.6 Å². The summed E-state index contributed by atoms with van der Waals surface area (Å²) in [4.78, 5) is 28.0. The fourth-order valence-electron chi connectivity index (χ4n) is 4.11. The Morgan fingerprint density at radius 3 is 2.28 bits per heavy atom. The SMILES string of the molecule is NC(=O)[C@@H](c1ccccc1)N(C(=O)c1ccccc1)[C@@H]1CCc2ccc(Br)cc21. The molecule has 0 radical (unpaired) electrons. The highest BCUT2D eigenvalue weighted by Crippen LogP contribution is 2.42. The predicted molar refractivity (Wildman–Crippen MR) is 116 cm³/mol. The number of amides is 2. The van der Waals surface area contributed by atoms with Gasteiger partial charge in [0.25, 0.3) is 5.91 Å². The van der Waals surface area contributed by atoms with Crippen molar-refractivity contribution >= 4 is 27.7 Å². The van der Waals surface area contributed by atoms with E-state index in [1.54, 1.807) is 17.0 Å². The van der Waals surface area contributed by atoms with Crippen molar-refractivity contribution in [2.45, 2.75) is 24.9 Å². The summed E-state index contributed by atoms with van der Waals surface area (Å²) in [6, 6.07) is 23.4. The first-order valence-electron chi connectivity index (χ1n) is 9.56. The average Bonchev–Trinajstić information content (AvgIpc) is 3.15. The number of hydrogen-bond donors (Lipinski definition) is 1. The lowest BCUT2D eigenvalue weighted by atomic mass is 9.98. The van der Waals surface area contributed by atoms with Gasteiger partial charge in [-0.25, -0.2) is 0 Å². The number of primary amides is 1. The van der Waals surface area contributed by atoms with Crippen molar-refractivity contribution in [3.8, 4) is 0 Å². The molecule has 1 aliphatic rings. The number of rotatable bonds is 5. The van der Waals surface area contributed by atoms with Crippen molar-refractivity contribution < 1.29 is 9.59 Å². The van der Waals surface area contributed by atoms with Crippen molar-refractivity contribution in [3.63, 3.8) is 0 Å². The second-order valence-corrected chi connectivity index (χ2v) is 8.11. The van der Waals surface area contributed by atoms with Crippen LogP contribution in [0.15, 0.2) is 83.3 Å². The van der Waals surface area contributed by atoms with E-state index in [0.717, 1.165) is 22.9 Å². The van der Waals surface area contributed by atoms with Crippen LogP contribution in [0.5, 0.6) is 0 Å². The summed E-state index contributed by atoms with van der Waals surface area (Å²) in [5, 5.41) is 0. The molecule has 0 saturated carbocycles. The second-order valence-electron chi connectivity index (χ2n) is 7.19. The van der Waals surface area contributed by atoms with Gasteiger partial charge in [0, 0.05) is 10.0 Å². The first-order chi connectivity index (χ1) is 14.1. The summed E-state index contributed by atoms with van der Waals surface area (Å²) < 4.78 is 0.950. The van der Waals surface area contributed by atoms with E-state index < -0.39 is 11.9 Å². The molecule has 2 atom stereocenters. The zero-order valence-corrected chi connectivity index (χ0v) is 17.4. The second kappa shape index (κ2) is 8.21. The number of nitrogens with zero attached hydrogens (tertiary/aromatic N) is 1. The van der Waals surface area contributed by atoms with Crippen LogP contribution >= 0.6 is 15.9 Å².